The largest absolute Gasteiger partial charge is 0.326 e. The molecule has 2 aliphatic heterocycles. The number of benzene rings is 1. The van der Waals surface area contributed by atoms with Crippen LogP contribution in [0.3, 0.4) is 0 Å². The zero-order valence-corrected chi connectivity index (χ0v) is 15.4. The van der Waals surface area contributed by atoms with Gasteiger partial charge in [-0.05, 0) is 37.1 Å². The predicted octanol–water partition coefficient (Wildman–Crippen LogP) is 2.45. The van der Waals surface area contributed by atoms with E-state index in [1.807, 2.05) is 46.1 Å². The van der Waals surface area contributed by atoms with Gasteiger partial charge in [-0.25, -0.2) is 9.59 Å². The normalized spacial score (nSPS) is 19.8. The molecule has 4 rings (SSSR count). The van der Waals surface area contributed by atoms with Crippen molar-refractivity contribution in [2.75, 3.05) is 36.9 Å². The van der Waals surface area contributed by atoms with Crippen molar-refractivity contribution in [1.29, 1.82) is 0 Å². The third-order valence-electron chi connectivity index (χ3n) is 5.22. The lowest BCUT2D eigenvalue weighted by molar-refractivity contribution is 0.199. The molecular weight excluding hydrogens is 344 g/mol. The highest BCUT2D eigenvalue weighted by Gasteiger charge is 2.30. The Morgan fingerprint density at radius 1 is 1.26 bits per heavy atom. The lowest BCUT2D eigenvalue weighted by atomic mass is 10.2. The summed E-state index contributed by atoms with van der Waals surface area (Å²) in [5, 5.41) is 7.23. The second-order valence-electron chi connectivity index (χ2n) is 7.05. The Kier molecular flexibility index (Phi) is 4.70. The fraction of sp³-hybridized carbons (Fsp3) is 0.421. The molecule has 2 aliphatic rings. The average molecular weight is 368 g/mol. The number of aromatic nitrogens is 2. The van der Waals surface area contributed by atoms with E-state index in [0.29, 0.717) is 25.3 Å². The number of hydrogen-bond donors (Lipinski definition) is 1. The Morgan fingerprint density at radius 2 is 2.15 bits per heavy atom. The molecule has 8 heteroatoms. The van der Waals surface area contributed by atoms with E-state index in [1.165, 1.54) is 0 Å². The second-order valence-corrected chi connectivity index (χ2v) is 7.05. The van der Waals surface area contributed by atoms with E-state index in [2.05, 4.69) is 10.4 Å². The molecule has 0 aliphatic carbocycles. The Hall–Kier alpha value is -3.03. The number of hydrogen-bond acceptors (Lipinski definition) is 3. The molecule has 2 saturated heterocycles. The number of anilines is 2. The molecule has 0 radical (unpaired) electrons. The lowest BCUT2D eigenvalue weighted by Crippen LogP contribution is -2.40. The summed E-state index contributed by atoms with van der Waals surface area (Å²) in [4.78, 5) is 30.3. The average Bonchev–Trinajstić information content (AvgIpc) is 3.39. The van der Waals surface area contributed by atoms with Gasteiger partial charge in [-0.3, -0.25) is 9.58 Å². The number of nitrogens with zero attached hydrogens (tertiary/aromatic N) is 5. The third kappa shape index (κ3) is 3.60. The Balaban J connectivity index is 1.43. The van der Waals surface area contributed by atoms with Crippen LogP contribution in [-0.4, -0.2) is 64.4 Å². The van der Waals surface area contributed by atoms with E-state index < -0.39 is 0 Å². The topological polar surface area (TPSA) is 73.7 Å². The van der Waals surface area contributed by atoms with Crippen molar-refractivity contribution in [3.8, 4) is 0 Å². The molecule has 1 atom stereocenters. The van der Waals surface area contributed by atoms with Crippen LogP contribution in [0.1, 0.15) is 12.8 Å². The molecule has 2 aromatic rings. The molecule has 3 heterocycles. The van der Waals surface area contributed by atoms with E-state index in [4.69, 9.17) is 0 Å². The van der Waals surface area contributed by atoms with Crippen LogP contribution in [-0.2, 0) is 6.54 Å². The lowest BCUT2D eigenvalue weighted by Gasteiger charge is -2.25. The molecule has 8 nitrogen and oxygen atoms in total. The predicted molar refractivity (Wildman–Crippen MR) is 103 cm³/mol. The first-order valence-corrected chi connectivity index (χ1v) is 9.29. The summed E-state index contributed by atoms with van der Waals surface area (Å²) in [6.45, 7) is 2.81. The van der Waals surface area contributed by atoms with Crippen molar-refractivity contribution < 1.29 is 9.59 Å². The Bertz CT molecular complexity index is 821. The van der Waals surface area contributed by atoms with Crippen molar-refractivity contribution in [2.45, 2.75) is 25.4 Å². The van der Waals surface area contributed by atoms with Crippen LogP contribution in [0.15, 0.2) is 42.7 Å². The van der Waals surface area contributed by atoms with Crippen molar-refractivity contribution in [3.05, 3.63) is 42.7 Å². The first kappa shape index (κ1) is 17.4. The van der Waals surface area contributed by atoms with E-state index in [1.54, 1.807) is 23.0 Å². The number of amides is 4. The molecule has 0 saturated carbocycles. The highest BCUT2D eigenvalue weighted by molar-refractivity contribution is 5.95. The van der Waals surface area contributed by atoms with Gasteiger partial charge in [-0.1, -0.05) is 6.07 Å². The number of carbonyl (C=O) groups is 2. The van der Waals surface area contributed by atoms with Crippen LogP contribution in [0, 0.1) is 0 Å². The first-order chi connectivity index (χ1) is 13.1. The molecule has 0 bridgehead atoms. The van der Waals surface area contributed by atoms with Crippen LogP contribution < -0.4 is 10.2 Å². The van der Waals surface area contributed by atoms with E-state index >= 15 is 0 Å². The van der Waals surface area contributed by atoms with Crippen molar-refractivity contribution in [3.63, 3.8) is 0 Å². The zero-order valence-electron chi connectivity index (χ0n) is 15.4. The number of likely N-dealkylation sites (N-methyl/N-ethyl adjacent to an activating group) is 1. The summed E-state index contributed by atoms with van der Waals surface area (Å²) in [7, 11) is 1.79. The van der Waals surface area contributed by atoms with E-state index in [0.717, 1.165) is 25.1 Å². The summed E-state index contributed by atoms with van der Waals surface area (Å²) in [5.74, 6) is 0. The van der Waals surface area contributed by atoms with Gasteiger partial charge in [0.05, 0.1) is 12.6 Å². The maximum Gasteiger partial charge on any atom is 0.324 e. The molecule has 2 fully saturated rings. The van der Waals surface area contributed by atoms with Gasteiger partial charge in [0, 0.05) is 50.5 Å². The van der Waals surface area contributed by atoms with Gasteiger partial charge >= 0.3 is 12.1 Å². The minimum Gasteiger partial charge on any atom is -0.326 e. The van der Waals surface area contributed by atoms with Crippen LogP contribution >= 0.6 is 0 Å². The summed E-state index contributed by atoms with van der Waals surface area (Å²) < 4.78 is 1.87. The highest BCUT2D eigenvalue weighted by atomic mass is 16.2. The smallest absolute Gasteiger partial charge is 0.324 e. The summed E-state index contributed by atoms with van der Waals surface area (Å²) >= 11 is 0. The third-order valence-corrected chi connectivity index (χ3v) is 5.22. The van der Waals surface area contributed by atoms with Gasteiger partial charge in [0.2, 0.25) is 0 Å². The van der Waals surface area contributed by atoms with Crippen LogP contribution in [0.25, 0.3) is 0 Å². The maximum atomic E-state index is 12.8. The Morgan fingerprint density at radius 3 is 2.89 bits per heavy atom. The summed E-state index contributed by atoms with van der Waals surface area (Å²) in [6, 6.07) is 9.37. The fourth-order valence-corrected chi connectivity index (χ4v) is 3.75. The number of rotatable bonds is 4. The number of nitrogens with one attached hydrogen (secondary N) is 1. The number of likely N-dealkylation sites (tertiary alicyclic amines) is 1. The van der Waals surface area contributed by atoms with Gasteiger partial charge < -0.3 is 15.1 Å². The van der Waals surface area contributed by atoms with Crippen LogP contribution in [0.5, 0.6) is 0 Å². The molecule has 0 spiro atoms. The minimum atomic E-state index is -0.105. The van der Waals surface area contributed by atoms with Gasteiger partial charge in [0.1, 0.15) is 0 Å². The standard InChI is InChI=1S/C19H24N6O2/c1-22-11-12-25(19(22)27)16-6-2-5-15(13-16)21-18(26)24-10-3-7-17(24)14-23-9-4-8-20-23/h2,4-6,8-9,13,17H,3,7,10-12,14H2,1H3,(H,21,26)/t17-/m1/s1. The quantitative estimate of drug-likeness (QED) is 0.901. The number of urea groups is 2. The molecule has 1 N–H and O–H groups in total. The zero-order chi connectivity index (χ0) is 18.8. The molecule has 27 heavy (non-hydrogen) atoms. The van der Waals surface area contributed by atoms with Gasteiger partial charge in [0.25, 0.3) is 0 Å². The van der Waals surface area contributed by atoms with Gasteiger partial charge in [-0.15, -0.1) is 0 Å². The first-order valence-electron chi connectivity index (χ1n) is 9.29. The molecule has 0 unspecified atom stereocenters. The molecule has 1 aromatic carbocycles. The van der Waals surface area contributed by atoms with Crippen LogP contribution in [0.2, 0.25) is 0 Å². The Labute approximate surface area is 158 Å². The van der Waals surface area contributed by atoms with E-state index in [9.17, 15) is 9.59 Å². The molecule has 4 amide bonds. The van der Waals surface area contributed by atoms with Crippen LogP contribution in [0.4, 0.5) is 21.0 Å². The fourth-order valence-electron chi connectivity index (χ4n) is 3.75. The number of carbonyl (C=O) groups excluding carboxylic acids is 2. The maximum absolute atomic E-state index is 12.8. The van der Waals surface area contributed by atoms with Crippen molar-refractivity contribution >= 4 is 23.4 Å². The molecule has 1 aromatic heterocycles. The summed E-state index contributed by atoms with van der Waals surface area (Å²) in [6.07, 6.45) is 5.64. The van der Waals surface area contributed by atoms with E-state index in [-0.39, 0.29) is 18.1 Å². The van der Waals surface area contributed by atoms with Crippen molar-refractivity contribution in [2.24, 2.45) is 0 Å². The molecule has 142 valence electrons. The monoisotopic (exact) mass is 368 g/mol. The summed E-state index contributed by atoms with van der Waals surface area (Å²) in [5.41, 5.74) is 1.50. The van der Waals surface area contributed by atoms with Gasteiger partial charge in [-0.2, -0.15) is 5.10 Å². The van der Waals surface area contributed by atoms with Crippen molar-refractivity contribution in [1.82, 2.24) is 19.6 Å². The highest BCUT2D eigenvalue weighted by Crippen LogP contribution is 2.25. The minimum absolute atomic E-state index is 0.0164. The second kappa shape index (κ2) is 7.30. The SMILES string of the molecule is CN1CCN(c2cccc(NC(=O)N3CCC[C@@H]3Cn3cccn3)c2)C1=O. The van der Waals surface area contributed by atoms with Gasteiger partial charge in [0.15, 0.2) is 0 Å². The molecular formula is C19H24N6O2.